The molecule has 5 heteroatoms. The lowest BCUT2D eigenvalue weighted by molar-refractivity contribution is -0.120. The first kappa shape index (κ1) is 19.4. The van der Waals surface area contributed by atoms with Crippen molar-refractivity contribution in [1.29, 1.82) is 0 Å². The molecule has 1 heterocycles. The van der Waals surface area contributed by atoms with Gasteiger partial charge in [-0.05, 0) is 36.1 Å². The van der Waals surface area contributed by atoms with Crippen molar-refractivity contribution in [2.45, 2.75) is 39.7 Å². The molecule has 0 aliphatic heterocycles. The number of hydrogen-bond donors (Lipinski definition) is 1. The molecular formula is C22H26ClN3O. The Morgan fingerprint density at radius 2 is 1.89 bits per heavy atom. The number of para-hydroxylation sites is 2. The van der Waals surface area contributed by atoms with Crippen LogP contribution >= 0.6 is 11.6 Å². The molecule has 142 valence electrons. The van der Waals surface area contributed by atoms with Gasteiger partial charge in [0.2, 0.25) is 5.91 Å². The number of nitrogens with zero attached hydrogens (tertiary/aromatic N) is 2. The molecule has 0 saturated heterocycles. The fraction of sp³-hybridized carbons (Fsp3) is 0.364. The van der Waals surface area contributed by atoms with E-state index in [9.17, 15) is 4.79 Å². The summed E-state index contributed by atoms with van der Waals surface area (Å²) in [5.74, 6) is 1.64. The highest BCUT2D eigenvalue weighted by Gasteiger charge is 2.12. The number of halogens is 1. The summed E-state index contributed by atoms with van der Waals surface area (Å²) < 4.78 is 2.31. The number of carbonyl (C=O) groups is 1. The molecule has 2 aromatic carbocycles. The Bertz CT molecular complexity index is 917. The van der Waals surface area contributed by atoms with E-state index in [-0.39, 0.29) is 5.91 Å². The normalized spacial score (nSPS) is 11.3. The lowest BCUT2D eigenvalue weighted by Gasteiger charge is -2.12. The monoisotopic (exact) mass is 383 g/mol. The van der Waals surface area contributed by atoms with Gasteiger partial charge in [0.05, 0.1) is 17.5 Å². The van der Waals surface area contributed by atoms with E-state index in [4.69, 9.17) is 16.6 Å². The maximum absolute atomic E-state index is 12.1. The molecule has 1 aromatic heterocycles. The average molecular weight is 384 g/mol. The first-order valence-electron chi connectivity index (χ1n) is 9.49. The van der Waals surface area contributed by atoms with Gasteiger partial charge in [0.1, 0.15) is 5.82 Å². The Labute approximate surface area is 165 Å². The SMILES string of the molecule is CC(C)Cn1c(CCCNC(=O)Cc2ccccc2Cl)nc2ccccc21. The van der Waals surface area contributed by atoms with Crippen LogP contribution in [0.1, 0.15) is 31.7 Å². The minimum Gasteiger partial charge on any atom is -0.356 e. The van der Waals surface area contributed by atoms with Crippen LogP contribution in [0.5, 0.6) is 0 Å². The van der Waals surface area contributed by atoms with E-state index in [2.05, 4.69) is 41.9 Å². The van der Waals surface area contributed by atoms with E-state index in [1.165, 1.54) is 5.52 Å². The third-order valence-corrected chi connectivity index (χ3v) is 4.86. The number of amides is 1. The van der Waals surface area contributed by atoms with Crippen molar-refractivity contribution in [2.75, 3.05) is 6.54 Å². The van der Waals surface area contributed by atoms with Crippen LogP contribution in [0.4, 0.5) is 0 Å². The van der Waals surface area contributed by atoms with Crippen LogP contribution < -0.4 is 5.32 Å². The highest BCUT2D eigenvalue weighted by molar-refractivity contribution is 6.31. The Morgan fingerprint density at radius 1 is 1.15 bits per heavy atom. The van der Waals surface area contributed by atoms with Crippen LogP contribution in [0.15, 0.2) is 48.5 Å². The van der Waals surface area contributed by atoms with Crippen molar-refractivity contribution in [2.24, 2.45) is 5.92 Å². The van der Waals surface area contributed by atoms with Gasteiger partial charge in [-0.3, -0.25) is 4.79 Å². The molecule has 0 bridgehead atoms. The molecule has 0 unspecified atom stereocenters. The topological polar surface area (TPSA) is 46.9 Å². The number of fused-ring (bicyclic) bond motifs is 1. The molecule has 1 N–H and O–H groups in total. The summed E-state index contributed by atoms with van der Waals surface area (Å²) in [5.41, 5.74) is 3.08. The lowest BCUT2D eigenvalue weighted by atomic mass is 10.1. The number of hydrogen-bond acceptors (Lipinski definition) is 2. The molecule has 3 aromatic rings. The number of benzene rings is 2. The van der Waals surface area contributed by atoms with Crippen molar-refractivity contribution < 1.29 is 4.79 Å². The highest BCUT2D eigenvalue weighted by Crippen LogP contribution is 2.19. The summed E-state index contributed by atoms with van der Waals surface area (Å²) >= 11 is 6.12. The molecule has 0 fully saturated rings. The minimum atomic E-state index is -0.00113. The largest absolute Gasteiger partial charge is 0.356 e. The molecule has 0 spiro atoms. The van der Waals surface area contributed by atoms with Gasteiger partial charge in [0.25, 0.3) is 0 Å². The summed E-state index contributed by atoms with van der Waals surface area (Å²) in [6.45, 7) is 6.02. The number of aryl methyl sites for hydroxylation is 1. The summed E-state index contributed by atoms with van der Waals surface area (Å²) in [7, 11) is 0. The molecule has 0 saturated carbocycles. The van der Waals surface area contributed by atoms with E-state index < -0.39 is 0 Å². The summed E-state index contributed by atoms with van der Waals surface area (Å²) in [5, 5.41) is 3.62. The molecular weight excluding hydrogens is 358 g/mol. The van der Waals surface area contributed by atoms with Gasteiger partial charge in [-0.1, -0.05) is 55.8 Å². The Morgan fingerprint density at radius 3 is 2.67 bits per heavy atom. The highest BCUT2D eigenvalue weighted by atomic mass is 35.5. The predicted molar refractivity (Wildman–Crippen MR) is 111 cm³/mol. The van der Waals surface area contributed by atoms with Crippen molar-refractivity contribution in [3.05, 3.63) is 64.9 Å². The second-order valence-corrected chi connectivity index (χ2v) is 7.65. The number of carbonyl (C=O) groups excluding carboxylic acids is 1. The maximum atomic E-state index is 12.1. The molecule has 0 aliphatic carbocycles. The Balaban J connectivity index is 1.56. The number of aromatic nitrogens is 2. The second-order valence-electron chi connectivity index (χ2n) is 7.24. The molecule has 0 aliphatic rings. The van der Waals surface area contributed by atoms with Crippen LogP contribution in [0, 0.1) is 5.92 Å². The molecule has 0 atom stereocenters. The van der Waals surface area contributed by atoms with Gasteiger partial charge < -0.3 is 9.88 Å². The molecule has 1 amide bonds. The van der Waals surface area contributed by atoms with Crippen LogP contribution in [0.2, 0.25) is 5.02 Å². The van der Waals surface area contributed by atoms with E-state index in [0.717, 1.165) is 36.3 Å². The second kappa shape index (κ2) is 9.05. The van der Waals surface area contributed by atoms with Crippen molar-refractivity contribution in [1.82, 2.24) is 14.9 Å². The summed E-state index contributed by atoms with van der Waals surface area (Å²) in [6.07, 6.45) is 2.01. The molecule has 3 rings (SSSR count). The third-order valence-electron chi connectivity index (χ3n) is 4.49. The van der Waals surface area contributed by atoms with E-state index in [1.807, 2.05) is 30.3 Å². The smallest absolute Gasteiger partial charge is 0.224 e. The predicted octanol–water partition coefficient (Wildman–Crippen LogP) is 4.64. The van der Waals surface area contributed by atoms with Gasteiger partial charge >= 0.3 is 0 Å². The Hall–Kier alpha value is -2.33. The van der Waals surface area contributed by atoms with Gasteiger partial charge in [0, 0.05) is 24.5 Å². The zero-order valence-corrected chi connectivity index (χ0v) is 16.7. The number of nitrogens with one attached hydrogen (secondary N) is 1. The Kier molecular flexibility index (Phi) is 6.51. The quantitative estimate of drug-likeness (QED) is 0.576. The number of imidazole rings is 1. The van der Waals surface area contributed by atoms with Crippen molar-refractivity contribution in [3.63, 3.8) is 0 Å². The fourth-order valence-corrected chi connectivity index (χ4v) is 3.44. The molecule has 4 nitrogen and oxygen atoms in total. The van der Waals surface area contributed by atoms with Crippen LogP contribution in [0.25, 0.3) is 11.0 Å². The van der Waals surface area contributed by atoms with Crippen LogP contribution in [-0.4, -0.2) is 22.0 Å². The van der Waals surface area contributed by atoms with Crippen molar-refractivity contribution in [3.8, 4) is 0 Å². The first-order valence-corrected chi connectivity index (χ1v) is 9.86. The van der Waals surface area contributed by atoms with E-state index in [1.54, 1.807) is 0 Å². The van der Waals surface area contributed by atoms with Crippen LogP contribution in [0.3, 0.4) is 0 Å². The van der Waals surface area contributed by atoms with Crippen LogP contribution in [-0.2, 0) is 24.2 Å². The third kappa shape index (κ3) is 5.10. The molecule has 27 heavy (non-hydrogen) atoms. The van der Waals surface area contributed by atoms with Gasteiger partial charge in [-0.2, -0.15) is 0 Å². The van der Waals surface area contributed by atoms with E-state index >= 15 is 0 Å². The van der Waals surface area contributed by atoms with Crippen molar-refractivity contribution >= 4 is 28.5 Å². The standard InChI is InChI=1S/C22H26ClN3O/c1-16(2)15-26-20-11-6-5-10-19(20)25-21(26)12-7-13-24-22(27)14-17-8-3-4-9-18(17)23/h3-6,8-11,16H,7,12-15H2,1-2H3,(H,24,27). The fourth-order valence-electron chi connectivity index (χ4n) is 3.24. The lowest BCUT2D eigenvalue weighted by Crippen LogP contribution is -2.26. The first-order chi connectivity index (χ1) is 13.0. The minimum absolute atomic E-state index is 0.00113. The number of rotatable bonds is 8. The molecule has 0 radical (unpaired) electrons. The maximum Gasteiger partial charge on any atom is 0.224 e. The van der Waals surface area contributed by atoms with Gasteiger partial charge in [-0.15, -0.1) is 0 Å². The summed E-state index contributed by atoms with van der Waals surface area (Å²) in [6, 6.07) is 15.7. The van der Waals surface area contributed by atoms with Gasteiger partial charge in [0.15, 0.2) is 0 Å². The zero-order valence-electron chi connectivity index (χ0n) is 15.9. The van der Waals surface area contributed by atoms with E-state index in [0.29, 0.717) is 23.9 Å². The van der Waals surface area contributed by atoms with Gasteiger partial charge in [-0.25, -0.2) is 4.98 Å². The zero-order chi connectivity index (χ0) is 19.2. The average Bonchev–Trinajstić information content (AvgIpc) is 2.98. The summed E-state index contributed by atoms with van der Waals surface area (Å²) in [4.78, 5) is 16.9.